The second-order valence-corrected chi connectivity index (χ2v) is 4.43. The Kier molecular flexibility index (Phi) is 4.75. The van der Waals surface area contributed by atoms with E-state index in [0.717, 1.165) is 0 Å². The second-order valence-electron chi connectivity index (χ2n) is 4.43. The molecule has 0 fully saturated rings. The predicted octanol–water partition coefficient (Wildman–Crippen LogP) is 1.40. The summed E-state index contributed by atoms with van der Waals surface area (Å²) in [6.07, 6.45) is 1.67. The van der Waals surface area contributed by atoms with Crippen LogP contribution in [0, 0.1) is 11.6 Å². The maximum atomic E-state index is 13.6. The third-order valence-electron chi connectivity index (χ3n) is 2.94. The van der Waals surface area contributed by atoms with Crippen LogP contribution in [0.15, 0.2) is 24.4 Å². The lowest BCUT2D eigenvalue weighted by Gasteiger charge is -2.14. The van der Waals surface area contributed by atoms with Crippen molar-refractivity contribution in [3.63, 3.8) is 0 Å². The van der Waals surface area contributed by atoms with Crippen LogP contribution in [0.2, 0.25) is 0 Å². The number of benzene rings is 1. The topological polar surface area (TPSA) is 63.0 Å². The first-order chi connectivity index (χ1) is 9.61. The monoisotopic (exact) mass is 282 g/mol. The number of aromatic nitrogens is 3. The van der Waals surface area contributed by atoms with Crippen LogP contribution in [-0.2, 0) is 13.1 Å². The Labute approximate surface area is 115 Å². The molecule has 1 aromatic carbocycles. The lowest BCUT2D eigenvalue weighted by molar-refractivity contribution is 0.268. The first-order valence-electron chi connectivity index (χ1n) is 6.29. The number of rotatable bonds is 6. The fourth-order valence-corrected chi connectivity index (χ4v) is 1.92. The highest BCUT2D eigenvalue weighted by molar-refractivity contribution is 5.22. The summed E-state index contributed by atoms with van der Waals surface area (Å²) in [4.78, 5) is 0. The third-order valence-corrected chi connectivity index (χ3v) is 2.94. The molecule has 0 radical (unpaired) electrons. The van der Waals surface area contributed by atoms with E-state index in [0.29, 0.717) is 18.8 Å². The lowest BCUT2D eigenvalue weighted by atomic mass is 10.1. The summed E-state index contributed by atoms with van der Waals surface area (Å²) >= 11 is 0. The molecule has 5 nitrogen and oxygen atoms in total. The van der Waals surface area contributed by atoms with Gasteiger partial charge in [-0.05, 0) is 19.1 Å². The van der Waals surface area contributed by atoms with E-state index in [1.165, 1.54) is 22.9 Å². The Balaban J connectivity index is 1.99. The van der Waals surface area contributed by atoms with Crippen molar-refractivity contribution in [3.8, 4) is 0 Å². The van der Waals surface area contributed by atoms with Crippen molar-refractivity contribution in [1.82, 2.24) is 20.3 Å². The van der Waals surface area contributed by atoms with Crippen LogP contribution >= 0.6 is 0 Å². The smallest absolute Gasteiger partial charge is 0.130 e. The number of nitrogens with one attached hydrogen (secondary N) is 1. The van der Waals surface area contributed by atoms with Gasteiger partial charge in [-0.25, -0.2) is 13.5 Å². The van der Waals surface area contributed by atoms with Crippen LogP contribution in [-0.4, -0.2) is 26.7 Å². The largest absolute Gasteiger partial charge is 0.394 e. The number of hydrogen-bond acceptors (Lipinski definition) is 4. The molecule has 0 bridgehead atoms. The molecule has 1 unspecified atom stereocenters. The fraction of sp³-hybridized carbons (Fsp3) is 0.385. The van der Waals surface area contributed by atoms with Crippen LogP contribution in [0.5, 0.6) is 0 Å². The minimum atomic E-state index is -0.575. The zero-order valence-corrected chi connectivity index (χ0v) is 11.1. The lowest BCUT2D eigenvalue weighted by Crippen LogP contribution is -2.20. The molecule has 0 saturated carbocycles. The molecule has 1 aromatic heterocycles. The summed E-state index contributed by atoms with van der Waals surface area (Å²) < 4.78 is 28.7. The number of hydrogen-bond donors (Lipinski definition) is 2. The van der Waals surface area contributed by atoms with Gasteiger partial charge in [0.25, 0.3) is 0 Å². The zero-order chi connectivity index (χ0) is 14.5. The van der Waals surface area contributed by atoms with E-state index in [-0.39, 0.29) is 12.2 Å². The predicted molar refractivity (Wildman–Crippen MR) is 68.7 cm³/mol. The van der Waals surface area contributed by atoms with Gasteiger partial charge in [-0.3, -0.25) is 0 Å². The Morgan fingerprint density at radius 3 is 2.70 bits per heavy atom. The fourth-order valence-electron chi connectivity index (χ4n) is 1.92. The van der Waals surface area contributed by atoms with E-state index >= 15 is 0 Å². The summed E-state index contributed by atoms with van der Waals surface area (Å²) in [6.45, 7) is 2.36. The molecular formula is C13H16F2N4O. The molecule has 1 heterocycles. The third kappa shape index (κ3) is 3.37. The molecule has 2 rings (SSSR count). The van der Waals surface area contributed by atoms with Crippen molar-refractivity contribution in [2.75, 3.05) is 6.61 Å². The van der Waals surface area contributed by atoms with E-state index in [4.69, 9.17) is 5.11 Å². The molecule has 0 amide bonds. The van der Waals surface area contributed by atoms with Gasteiger partial charge in [-0.2, -0.15) is 0 Å². The Bertz CT molecular complexity index is 553. The molecule has 7 heteroatoms. The van der Waals surface area contributed by atoms with Gasteiger partial charge in [0.15, 0.2) is 0 Å². The molecule has 108 valence electrons. The van der Waals surface area contributed by atoms with Crippen LogP contribution in [0.25, 0.3) is 0 Å². The SMILES string of the molecule is CC(NCc1cn(CCO)nn1)c1c(F)cccc1F. The van der Waals surface area contributed by atoms with Gasteiger partial charge in [0, 0.05) is 24.3 Å². The molecular weight excluding hydrogens is 266 g/mol. The minimum Gasteiger partial charge on any atom is -0.394 e. The number of nitrogens with zero attached hydrogens (tertiary/aromatic N) is 3. The Morgan fingerprint density at radius 1 is 1.35 bits per heavy atom. The number of halogens is 2. The van der Waals surface area contributed by atoms with Crippen molar-refractivity contribution in [2.24, 2.45) is 0 Å². The van der Waals surface area contributed by atoms with E-state index in [9.17, 15) is 8.78 Å². The minimum absolute atomic E-state index is 0.00949. The van der Waals surface area contributed by atoms with Crippen molar-refractivity contribution in [1.29, 1.82) is 0 Å². The van der Waals surface area contributed by atoms with Crippen LogP contribution in [0.1, 0.15) is 24.2 Å². The number of aliphatic hydroxyl groups is 1. The van der Waals surface area contributed by atoms with Gasteiger partial charge in [-0.1, -0.05) is 11.3 Å². The molecule has 0 spiro atoms. The average molecular weight is 282 g/mol. The summed E-state index contributed by atoms with van der Waals surface area (Å²) in [5.74, 6) is -1.15. The maximum absolute atomic E-state index is 13.6. The Morgan fingerprint density at radius 2 is 2.05 bits per heavy atom. The molecule has 0 aliphatic heterocycles. The van der Waals surface area contributed by atoms with E-state index in [2.05, 4.69) is 15.6 Å². The quantitative estimate of drug-likeness (QED) is 0.840. The second kappa shape index (κ2) is 6.53. The van der Waals surface area contributed by atoms with Crippen molar-refractivity contribution < 1.29 is 13.9 Å². The molecule has 20 heavy (non-hydrogen) atoms. The molecule has 0 aliphatic carbocycles. The molecule has 0 aliphatic rings. The van der Waals surface area contributed by atoms with E-state index in [1.54, 1.807) is 13.1 Å². The Hall–Kier alpha value is -1.86. The van der Waals surface area contributed by atoms with Gasteiger partial charge in [0.05, 0.1) is 18.8 Å². The zero-order valence-electron chi connectivity index (χ0n) is 11.1. The van der Waals surface area contributed by atoms with Crippen molar-refractivity contribution in [3.05, 3.63) is 47.3 Å². The summed E-state index contributed by atoms with van der Waals surface area (Å²) in [7, 11) is 0. The number of aliphatic hydroxyl groups excluding tert-OH is 1. The van der Waals surface area contributed by atoms with E-state index in [1.807, 2.05) is 0 Å². The first kappa shape index (κ1) is 14.5. The van der Waals surface area contributed by atoms with Crippen LogP contribution in [0.4, 0.5) is 8.78 Å². The highest BCUT2D eigenvalue weighted by atomic mass is 19.1. The summed E-state index contributed by atoms with van der Waals surface area (Å²) in [5.41, 5.74) is 0.650. The molecule has 1 atom stereocenters. The van der Waals surface area contributed by atoms with Gasteiger partial charge in [0.1, 0.15) is 11.6 Å². The highest BCUT2D eigenvalue weighted by Gasteiger charge is 2.15. The van der Waals surface area contributed by atoms with Gasteiger partial charge < -0.3 is 10.4 Å². The van der Waals surface area contributed by atoms with Crippen molar-refractivity contribution in [2.45, 2.75) is 26.1 Å². The highest BCUT2D eigenvalue weighted by Crippen LogP contribution is 2.20. The van der Waals surface area contributed by atoms with Gasteiger partial charge in [-0.15, -0.1) is 5.10 Å². The molecule has 2 aromatic rings. The summed E-state index contributed by atoms with van der Waals surface area (Å²) in [5, 5.41) is 19.5. The maximum Gasteiger partial charge on any atom is 0.130 e. The molecule has 2 N–H and O–H groups in total. The van der Waals surface area contributed by atoms with Gasteiger partial charge >= 0.3 is 0 Å². The van der Waals surface area contributed by atoms with E-state index < -0.39 is 17.7 Å². The summed E-state index contributed by atoms with van der Waals surface area (Å²) in [6, 6.07) is 3.31. The normalized spacial score (nSPS) is 12.6. The van der Waals surface area contributed by atoms with Crippen LogP contribution in [0.3, 0.4) is 0 Å². The van der Waals surface area contributed by atoms with Crippen LogP contribution < -0.4 is 5.32 Å². The van der Waals surface area contributed by atoms with Crippen molar-refractivity contribution >= 4 is 0 Å². The standard InChI is InChI=1S/C13H16F2N4O/c1-9(13-11(14)3-2-4-12(13)15)16-7-10-8-19(5-6-20)18-17-10/h2-4,8-9,16,20H,5-7H2,1H3. The van der Waals surface area contributed by atoms with Gasteiger partial charge in [0.2, 0.25) is 0 Å². The first-order valence-corrected chi connectivity index (χ1v) is 6.29. The molecule has 0 saturated heterocycles. The average Bonchev–Trinajstić information content (AvgIpc) is 2.84.